The van der Waals surface area contributed by atoms with Gasteiger partial charge in [0.05, 0.1) is 12.2 Å². The van der Waals surface area contributed by atoms with Crippen molar-refractivity contribution in [3.8, 4) is 11.5 Å². The van der Waals surface area contributed by atoms with Gasteiger partial charge in [-0.25, -0.2) is 9.18 Å². The van der Waals surface area contributed by atoms with Gasteiger partial charge in [-0.05, 0) is 49.8 Å². The zero-order valence-corrected chi connectivity index (χ0v) is 14.3. The second kappa shape index (κ2) is 7.39. The highest BCUT2D eigenvalue weighted by molar-refractivity contribution is 6.14. The summed E-state index contributed by atoms with van der Waals surface area (Å²) in [6.45, 7) is 3.56. The van der Waals surface area contributed by atoms with Gasteiger partial charge in [0.2, 0.25) is 5.78 Å². The third kappa shape index (κ3) is 3.74. The number of hydrogen-bond donors (Lipinski definition) is 0. The fourth-order valence-electron chi connectivity index (χ4n) is 2.50. The third-order valence-electron chi connectivity index (χ3n) is 3.72. The molecule has 3 rings (SSSR count). The first kappa shape index (κ1) is 17.7. The summed E-state index contributed by atoms with van der Waals surface area (Å²) in [7, 11) is 0. The Kier molecular flexibility index (Phi) is 5.02. The number of hydrogen-bond acceptors (Lipinski definition) is 5. The summed E-state index contributed by atoms with van der Waals surface area (Å²) >= 11 is 0. The lowest BCUT2D eigenvalue weighted by Gasteiger charge is -2.13. The van der Waals surface area contributed by atoms with E-state index in [2.05, 4.69) is 0 Å². The molecule has 0 spiro atoms. The van der Waals surface area contributed by atoms with E-state index in [9.17, 15) is 14.0 Å². The molecular formula is C20H17FO5. The predicted molar refractivity (Wildman–Crippen MR) is 92.5 cm³/mol. The maximum Gasteiger partial charge on any atom is 0.347 e. The van der Waals surface area contributed by atoms with Crippen LogP contribution in [0.15, 0.2) is 48.2 Å². The number of rotatable bonds is 5. The van der Waals surface area contributed by atoms with Crippen molar-refractivity contribution in [2.75, 3.05) is 6.61 Å². The van der Waals surface area contributed by atoms with Crippen LogP contribution in [0.5, 0.6) is 11.5 Å². The van der Waals surface area contributed by atoms with E-state index in [0.29, 0.717) is 22.6 Å². The maximum absolute atomic E-state index is 13.3. The van der Waals surface area contributed by atoms with E-state index in [4.69, 9.17) is 14.2 Å². The molecule has 1 heterocycles. The molecule has 2 aromatic rings. The van der Waals surface area contributed by atoms with Crippen LogP contribution in [-0.2, 0) is 9.53 Å². The molecule has 0 saturated heterocycles. The molecule has 0 amide bonds. The van der Waals surface area contributed by atoms with E-state index in [1.54, 1.807) is 38.1 Å². The molecule has 0 aliphatic carbocycles. The summed E-state index contributed by atoms with van der Waals surface area (Å²) < 4.78 is 29.3. The van der Waals surface area contributed by atoms with Crippen molar-refractivity contribution < 1.29 is 28.2 Å². The normalized spacial score (nSPS) is 15.3. The van der Waals surface area contributed by atoms with Crippen LogP contribution in [0.3, 0.4) is 0 Å². The summed E-state index contributed by atoms with van der Waals surface area (Å²) in [5.74, 6) is -0.367. The van der Waals surface area contributed by atoms with Crippen molar-refractivity contribution in [1.29, 1.82) is 0 Å². The van der Waals surface area contributed by atoms with Gasteiger partial charge in [0.1, 0.15) is 17.3 Å². The van der Waals surface area contributed by atoms with Crippen LogP contribution >= 0.6 is 0 Å². The van der Waals surface area contributed by atoms with Crippen LogP contribution < -0.4 is 9.47 Å². The Labute approximate surface area is 150 Å². The first-order valence-electron chi connectivity index (χ1n) is 8.15. The highest BCUT2D eigenvalue weighted by atomic mass is 19.1. The van der Waals surface area contributed by atoms with Crippen LogP contribution in [0.4, 0.5) is 4.39 Å². The lowest BCUT2D eigenvalue weighted by Crippen LogP contribution is -2.26. The van der Waals surface area contributed by atoms with Gasteiger partial charge in [-0.15, -0.1) is 0 Å². The molecule has 5 nitrogen and oxygen atoms in total. The van der Waals surface area contributed by atoms with Crippen molar-refractivity contribution in [3.63, 3.8) is 0 Å². The second-order valence-electron chi connectivity index (χ2n) is 5.66. The van der Waals surface area contributed by atoms with Crippen LogP contribution in [-0.4, -0.2) is 24.5 Å². The standard InChI is InChI=1S/C20H17FO5/c1-3-24-20(23)12(2)25-15-7-8-16-17(11-15)26-18(19(16)22)10-13-5-4-6-14(21)9-13/h4-12H,3H2,1-2H3/b18-10+/t12-/m0/s1. The molecule has 1 aliphatic heterocycles. The molecule has 134 valence electrons. The summed E-state index contributed by atoms with van der Waals surface area (Å²) in [5, 5.41) is 0. The average Bonchev–Trinajstić information content (AvgIpc) is 2.90. The van der Waals surface area contributed by atoms with Gasteiger partial charge in [0, 0.05) is 6.07 Å². The van der Waals surface area contributed by atoms with Gasteiger partial charge in [-0.1, -0.05) is 12.1 Å². The fraction of sp³-hybridized carbons (Fsp3) is 0.200. The minimum Gasteiger partial charge on any atom is -0.479 e. The zero-order valence-electron chi connectivity index (χ0n) is 14.3. The monoisotopic (exact) mass is 356 g/mol. The molecule has 0 N–H and O–H groups in total. The number of carbonyl (C=O) groups excluding carboxylic acids is 2. The Morgan fingerprint density at radius 3 is 2.81 bits per heavy atom. The number of ether oxygens (including phenoxy) is 3. The number of halogens is 1. The number of benzene rings is 2. The summed E-state index contributed by atoms with van der Waals surface area (Å²) in [6, 6.07) is 10.5. The molecule has 1 aliphatic rings. The van der Waals surface area contributed by atoms with Gasteiger partial charge in [0.15, 0.2) is 11.9 Å². The number of ketones is 1. The van der Waals surface area contributed by atoms with Crippen molar-refractivity contribution >= 4 is 17.8 Å². The summed E-state index contributed by atoms with van der Waals surface area (Å²) in [6.07, 6.45) is 0.695. The molecule has 0 radical (unpaired) electrons. The molecule has 0 unspecified atom stereocenters. The SMILES string of the molecule is CCOC(=O)[C@H](C)Oc1ccc2c(c1)O/C(=C/c1cccc(F)c1)C2=O. The second-order valence-corrected chi connectivity index (χ2v) is 5.66. The third-order valence-corrected chi connectivity index (χ3v) is 3.72. The molecular weight excluding hydrogens is 339 g/mol. The van der Waals surface area contributed by atoms with Crippen LogP contribution in [0.1, 0.15) is 29.8 Å². The van der Waals surface area contributed by atoms with Crippen LogP contribution in [0.2, 0.25) is 0 Å². The largest absolute Gasteiger partial charge is 0.479 e. The van der Waals surface area contributed by atoms with Gasteiger partial charge >= 0.3 is 5.97 Å². The number of carbonyl (C=O) groups is 2. The zero-order chi connectivity index (χ0) is 18.7. The lowest BCUT2D eigenvalue weighted by atomic mass is 10.1. The highest BCUT2D eigenvalue weighted by Crippen LogP contribution is 2.35. The van der Waals surface area contributed by atoms with Crippen molar-refractivity contribution in [3.05, 3.63) is 65.2 Å². The highest BCUT2D eigenvalue weighted by Gasteiger charge is 2.28. The quantitative estimate of drug-likeness (QED) is 0.603. The van der Waals surface area contributed by atoms with Gasteiger partial charge in [-0.3, -0.25) is 4.79 Å². The minimum atomic E-state index is -0.785. The number of esters is 1. The summed E-state index contributed by atoms with van der Waals surface area (Å²) in [4.78, 5) is 24.1. The van der Waals surface area contributed by atoms with Crippen molar-refractivity contribution in [1.82, 2.24) is 0 Å². The van der Waals surface area contributed by atoms with Crippen LogP contribution in [0, 0.1) is 5.82 Å². The van der Waals surface area contributed by atoms with Crippen molar-refractivity contribution in [2.24, 2.45) is 0 Å². The molecule has 2 aromatic carbocycles. The average molecular weight is 356 g/mol. The number of allylic oxidation sites excluding steroid dienone is 1. The van der Waals surface area contributed by atoms with E-state index in [0.717, 1.165) is 0 Å². The first-order valence-corrected chi connectivity index (χ1v) is 8.15. The number of Topliss-reactive ketones (excluding diaryl/α,β-unsaturated/α-hetero) is 1. The van der Waals surface area contributed by atoms with E-state index in [-0.39, 0.29) is 18.1 Å². The Morgan fingerprint density at radius 2 is 2.08 bits per heavy atom. The molecule has 0 saturated carbocycles. The van der Waals surface area contributed by atoms with Gasteiger partial charge < -0.3 is 14.2 Å². The number of fused-ring (bicyclic) bond motifs is 1. The first-order chi connectivity index (χ1) is 12.5. The Balaban J connectivity index is 1.79. The Hall–Kier alpha value is -3.15. The summed E-state index contributed by atoms with van der Waals surface area (Å²) in [5.41, 5.74) is 0.900. The smallest absolute Gasteiger partial charge is 0.347 e. The molecule has 0 bridgehead atoms. The maximum atomic E-state index is 13.3. The predicted octanol–water partition coefficient (Wildman–Crippen LogP) is 3.77. The van der Waals surface area contributed by atoms with Gasteiger partial charge in [0.25, 0.3) is 0 Å². The van der Waals surface area contributed by atoms with E-state index >= 15 is 0 Å². The van der Waals surface area contributed by atoms with E-state index in [1.807, 2.05) is 0 Å². The minimum absolute atomic E-state index is 0.0983. The molecule has 26 heavy (non-hydrogen) atoms. The Bertz CT molecular complexity index is 888. The fourth-order valence-corrected chi connectivity index (χ4v) is 2.50. The van der Waals surface area contributed by atoms with Gasteiger partial charge in [-0.2, -0.15) is 0 Å². The topological polar surface area (TPSA) is 61.8 Å². The van der Waals surface area contributed by atoms with E-state index in [1.165, 1.54) is 24.3 Å². The molecule has 0 fully saturated rings. The molecule has 0 aromatic heterocycles. The van der Waals surface area contributed by atoms with Crippen molar-refractivity contribution in [2.45, 2.75) is 20.0 Å². The Morgan fingerprint density at radius 1 is 1.27 bits per heavy atom. The lowest BCUT2D eigenvalue weighted by molar-refractivity contribution is -0.150. The molecule has 6 heteroatoms. The van der Waals surface area contributed by atoms with Crippen LogP contribution in [0.25, 0.3) is 6.08 Å². The molecule has 1 atom stereocenters. The van der Waals surface area contributed by atoms with E-state index < -0.39 is 17.9 Å².